The van der Waals surface area contributed by atoms with Crippen molar-refractivity contribution in [3.05, 3.63) is 53.8 Å². The first-order valence-corrected chi connectivity index (χ1v) is 10.3. The Morgan fingerprint density at radius 1 is 1.14 bits per heavy atom. The van der Waals surface area contributed by atoms with E-state index in [1.807, 2.05) is 0 Å². The molecule has 1 aliphatic rings. The van der Waals surface area contributed by atoms with Crippen LogP contribution in [0.15, 0.2) is 41.3 Å². The number of nitrogens with zero attached hydrogens (tertiary/aromatic N) is 1. The Hall–Kier alpha value is -2.59. The summed E-state index contributed by atoms with van der Waals surface area (Å²) in [4.78, 5) is 12.2. The van der Waals surface area contributed by atoms with Crippen molar-refractivity contribution in [3.63, 3.8) is 0 Å². The van der Waals surface area contributed by atoms with Gasteiger partial charge in [0.05, 0.1) is 13.0 Å². The van der Waals surface area contributed by atoms with E-state index in [0.29, 0.717) is 12.8 Å². The lowest BCUT2D eigenvalue weighted by molar-refractivity contribution is -0.120. The molecule has 1 N–H and O–H groups in total. The highest BCUT2D eigenvalue weighted by Crippen LogP contribution is 2.30. The van der Waals surface area contributed by atoms with E-state index in [2.05, 4.69) is 5.32 Å². The normalized spacial score (nSPS) is 17.7. The van der Waals surface area contributed by atoms with Crippen LogP contribution in [-0.4, -0.2) is 38.8 Å². The van der Waals surface area contributed by atoms with Crippen molar-refractivity contribution in [1.82, 2.24) is 4.31 Å². The Labute approximate surface area is 166 Å². The SMILES string of the molecule is COc1ccc(F)cc1S(=O)(=O)N1CCCC(C(=O)Nc2ccc(F)c(F)c2)C1. The molecule has 10 heteroatoms. The summed E-state index contributed by atoms with van der Waals surface area (Å²) in [5, 5.41) is 2.47. The van der Waals surface area contributed by atoms with E-state index in [1.165, 1.54) is 19.2 Å². The van der Waals surface area contributed by atoms with E-state index in [-0.39, 0.29) is 29.4 Å². The van der Waals surface area contributed by atoms with Crippen LogP contribution in [0.25, 0.3) is 0 Å². The second-order valence-corrected chi connectivity index (χ2v) is 8.52. The van der Waals surface area contributed by atoms with Gasteiger partial charge in [0, 0.05) is 24.8 Å². The molecular formula is C19H19F3N2O4S. The first-order chi connectivity index (χ1) is 13.7. The standard InChI is InChI=1S/C19H19F3N2O4S/c1-28-17-7-4-13(20)9-18(17)29(26,27)24-8-2-3-12(11-24)19(25)23-14-5-6-15(21)16(22)10-14/h4-7,9-10,12H,2-3,8,11H2,1H3,(H,23,25). The largest absolute Gasteiger partial charge is 0.495 e. The van der Waals surface area contributed by atoms with Crippen LogP contribution >= 0.6 is 0 Å². The van der Waals surface area contributed by atoms with Gasteiger partial charge in [-0.25, -0.2) is 21.6 Å². The van der Waals surface area contributed by atoms with Gasteiger partial charge in [-0.05, 0) is 43.2 Å². The van der Waals surface area contributed by atoms with Gasteiger partial charge in [-0.1, -0.05) is 0 Å². The number of methoxy groups -OCH3 is 1. The monoisotopic (exact) mass is 428 g/mol. The fourth-order valence-corrected chi connectivity index (χ4v) is 4.88. The van der Waals surface area contributed by atoms with Gasteiger partial charge in [0.1, 0.15) is 16.5 Å². The molecule has 0 aromatic heterocycles. The molecule has 3 rings (SSSR count). The van der Waals surface area contributed by atoms with Crippen molar-refractivity contribution < 1.29 is 31.1 Å². The van der Waals surface area contributed by atoms with E-state index in [0.717, 1.165) is 28.6 Å². The third-order valence-electron chi connectivity index (χ3n) is 4.69. The van der Waals surface area contributed by atoms with Crippen molar-refractivity contribution in [2.45, 2.75) is 17.7 Å². The highest BCUT2D eigenvalue weighted by molar-refractivity contribution is 7.89. The van der Waals surface area contributed by atoms with Crippen LogP contribution in [0.4, 0.5) is 18.9 Å². The molecule has 156 valence electrons. The Morgan fingerprint density at radius 3 is 2.59 bits per heavy atom. The van der Waals surface area contributed by atoms with Gasteiger partial charge < -0.3 is 10.1 Å². The topological polar surface area (TPSA) is 75.7 Å². The predicted octanol–water partition coefficient (Wildman–Crippen LogP) is 3.15. The molecule has 6 nitrogen and oxygen atoms in total. The van der Waals surface area contributed by atoms with Gasteiger partial charge in [-0.3, -0.25) is 4.79 Å². The minimum absolute atomic E-state index is 0.000220. The fraction of sp³-hybridized carbons (Fsp3) is 0.316. The number of benzene rings is 2. The van der Waals surface area contributed by atoms with Crippen LogP contribution in [-0.2, 0) is 14.8 Å². The molecule has 1 fully saturated rings. The molecule has 1 unspecified atom stereocenters. The molecular weight excluding hydrogens is 409 g/mol. The summed E-state index contributed by atoms with van der Waals surface area (Å²) in [6.07, 6.45) is 0.828. The maximum atomic E-state index is 13.6. The average molecular weight is 428 g/mol. The molecule has 29 heavy (non-hydrogen) atoms. The van der Waals surface area contributed by atoms with E-state index in [4.69, 9.17) is 4.74 Å². The fourth-order valence-electron chi connectivity index (χ4n) is 3.18. The van der Waals surface area contributed by atoms with E-state index in [1.54, 1.807) is 0 Å². The average Bonchev–Trinajstić information content (AvgIpc) is 2.70. The zero-order valence-corrected chi connectivity index (χ0v) is 16.3. The summed E-state index contributed by atoms with van der Waals surface area (Å²) in [6, 6.07) is 6.14. The lowest BCUT2D eigenvalue weighted by atomic mass is 9.98. The third kappa shape index (κ3) is 4.54. The van der Waals surface area contributed by atoms with Gasteiger partial charge >= 0.3 is 0 Å². The summed E-state index contributed by atoms with van der Waals surface area (Å²) in [5.41, 5.74) is 0.0701. The van der Waals surface area contributed by atoms with Crippen LogP contribution in [0.3, 0.4) is 0 Å². The summed E-state index contributed by atoms with van der Waals surface area (Å²) >= 11 is 0. The maximum Gasteiger partial charge on any atom is 0.246 e. The zero-order valence-electron chi connectivity index (χ0n) is 15.5. The minimum Gasteiger partial charge on any atom is -0.495 e. The lowest BCUT2D eigenvalue weighted by Gasteiger charge is -2.31. The highest BCUT2D eigenvalue weighted by Gasteiger charge is 2.35. The van der Waals surface area contributed by atoms with Crippen LogP contribution in [0, 0.1) is 23.4 Å². The Morgan fingerprint density at radius 2 is 1.90 bits per heavy atom. The van der Waals surface area contributed by atoms with E-state index >= 15 is 0 Å². The first kappa shape index (κ1) is 21.1. The van der Waals surface area contributed by atoms with Gasteiger partial charge in [0.2, 0.25) is 15.9 Å². The number of amides is 1. The van der Waals surface area contributed by atoms with Crippen LogP contribution in [0.2, 0.25) is 0 Å². The van der Waals surface area contributed by atoms with Gasteiger partial charge in [0.15, 0.2) is 11.6 Å². The second kappa shape index (κ2) is 8.42. The number of anilines is 1. The summed E-state index contributed by atoms with van der Waals surface area (Å²) in [7, 11) is -2.82. The van der Waals surface area contributed by atoms with Crippen LogP contribution < -0.4 is 10.1 Å². The minimum atomic E-state index is -4.10. The Kier molecular flexibility index (Phi) is 6.13. The molecule has 0 radical (unpaired) electrons. The van der Waals surface area contributed by atoms with Crippen LogP contribution in [0.5, 0.6) is 5.75 Å². The number of carbonyl (C=O) groups excluding carboxylic acids is 1. The smallest absolute Gasteiger partial charge is 0.246 e. The van der Waals surface area contributed by atoms with Crippen molar-refractivity contribution in [1.29, 1.82) is 0 Å². The highest BCUT2D eigenvalue weighted by atomic mass is 32.2. The molecule has 1 saturated heterocycles. The molecule has 2 aromatic carbocycles. The number of rotatable bonds is 5. The molecule has 0 bridgehead atoms. The van der Waals surface area contributed by atoms with E-state index in [9.17, 15) is 26.4 Å². The quantitative estimate of drug-likeness (QED) is 0.794. The number of sulfonamides is 1. The number of ether oxygens (including phenoxy) is 1. The maximum absolute atomic E-state index is 13.6. The molecule has 0 aliphatic carbocycles. The van der Waals surface area contributed by atoms with Gasteiger partial charge in [-0.2, -0.15) is 4.31 Å². The van der Waals surface area contributed by atoms with Crippen molar-refractivity contribution >= 4 is 21.6 Å². The van der Waals surface area contributed by atoms with Gasteiger partial charge in [0.25, 0.3) is 0 Å². The first-order valence-electron chi connectivity index (χ1n) is 8.82. The number of piperidine rings is 1. The summed E-state index contributed by atoms with van der Waals surface area (Å²) < 4.78 is 72.1. The number of halogens is 3. The second-order valence-electron chi connectivity index (χ2n) is 6.62. The number of hydrogen-bond acceptors (Lipinski definition) is 4. The zero-order chi connectivity index (χ0) is 21.2. The van der Waals surface area contributed by atoms with Crippen molar-refractivity contribution in [2.75, 3.05) is 25.5 Å². The molecule has 1 heterocycles. The number of hydrogen-bond donors (Lipinski definition) is 1. The molecule has 0 saturated carbocycles. The van der Waals surface area contributed by atoms with Crippen molar-refractivity contribution in [3.8, 4) is 5.75 Å². The molecule has 1 amide bonds. The third-order valence-corrected chi connectivity index (χ3v) is 6.57. The van der Waals surface area contributed by atoms with Crippen molar-refractivity contribution in [2.24, 2.45) is 5.92 Å². The molecule has 2 aromatic rings. The molecule has 1 aliphatic heterocycles. The molecule has 1 atom stereocenters. The number of carbonyl (C=O) groups is 1. The summed E-state index contributed by atoms with van der Waals surface area (Å²) in [6.45, 7) is 0.0362. The molecule has 0 spiro atoms. The van der Waals surface area contributed by atoms with Crippen LogP contribution in [0.1, 0.15) is 12.8 Å². The predicted molar refractivity (Wildman–Crippen MR) is 99.4 cm³/mol. The van der Waals surface area contributed by atoms with Gasteiger partial charge in [-0.15, -0.1) is 0 Å². The lowest BCUT2D eigenvalue weighted by Crippen LogP contribution is -2.43. The van der Waals surface area contributed by atoms with E-state index < -0.39 is 39.3 Å². The Balaban J connectivity index is 1.78. The number of nitrogens with one attached hydrogen (secondary N) is 1. The summed E-state index contributed by atoms with van der Waals surface area (Å²) in [5.74, 6) is -4.09. The Bertz CT molecular complexity index is 1030.